The minimum atomic E-state index is -2.62. The first-order valence-corrected chi connectivity index (χ1v) is 3.60. The molecule has 0 aromatic rings. The Hall–Kier alpha value is 1.24. The van der Waals surface area contributed by atoms with Crippen LogP contribution in [0.2, 0.25) is 0 Å². The van der Waals surface area contributed by atoms with Crippen LogP contribution >= 0.6 is 17.2 Å². The molecule has 0 spiro atoms. The molecule has 0 bridgehead atoms. The fourth-order valence-corrected chi connectivity index (χ4v) is 0. The Kier molecular flexibility index (Phi) is 22.2. The molecule has 6 nitrogen and oxygen atoms in total. The maximum atomic E-state index is 7.23. The topological polar surface area (TPSA) is 121 Å². The Morgan fingerprint density at radius 1 is 0.556 bits per heavy atom. The van der Waals surface area contributed by atoms with E-state index in [1.54, 1.807) is 0 Å². The van der Waals surface area contributed by atoms with Crippen LogP contribution in [0.3, 0.4) is 0 Å². The van der Waals surface area contributed by atoms with E-state index in [-0.39, 0.29) is 19.5 Å². The minimum absolute atomic E-state index is 0. The van der Waals surface area contributed by atoms with Crippen molar-refractivity contribution in [2.75, 3.05) is 0 Å². The summed E-state index contributed by atoms with van der Waals surface area (Å²) < 4.78 is 0. The summed E-state index contributed by atoms with van der Waals surface area (Å²) >= 11 is 0. The second kappa shape index (κ2) is 12.0. The van der Waals surface area contributed by atoms with Crippen molar-refractivity contribution in [3.63, 3.8) is 0 Å². The normalized spacial score (nSPS) is 8.00. The Morgan fingerprint density at radius 2 is 0.556 bits per heavy atom. The van der Waals surface area contributed by atoms with Gasteiger partial charge in [-0.25, -0.2) is 0 Å². The summed E-state index contributed by atoms with van der Waals surface area (Å²) in [5, 5.41) is 0. The number of hydrogen-bond donors (Lipinski definition) is 6. The van der Waals surface area contributed by atoms with Crippen molar-refractivity contribution in [1.29, 1.82) is 0 Å². The largest absolute Gasteiger partial charge is 0.328 e. The fourth-order valence-electron chi connectivity index (χ4n) is 0. The third-order valence-corrected chi connectivity index (χ3v) is 0. The summed E-state index contributed by atoms with van der Waals surface area (Å²) in [6, 6.07) is 0. The van der Waals surface area contributed by atoms with E-state index in [9.17, 15) is 0 Å². The number of hydrogen-bond acceptors (Lipinski definition) is 6. The summed E-state index contributed by atoms with van der Waals surface area (Å²) in [5.41, 5.74) is 0. The van der Waals surface area contributed by atoms with Gasteiger partial charge in [-0.2, -0.15) is 0 Å². The molecule has 0 heterocycles. The van der Waals surface area contributed by atoms with Crippen LogP contribution in [0.15, 0.2) is 0 Å². The average molecular weight is 267 g/mol. The third-order valence-electron chi connectivity index (χ3n) is 0. The van der Waals surface area contributed by atoms with Crippen LogP contribution in [-0.4, -0.2) is 29.4 Å². The van der Waals surface area contributed by atoms with Crippen molar-refractivity contribution in [2.45, 2.75) is 0 Å². The van der Waals surface area contributed by atoms with Gasteiger partial charge in [0, 0.05) is 19.5 Å². The Balaban J connectivity index is -0.0000000720. The second-order valence-electron chi connectivity index (χ2n) is 0.537. The first kappa shape index (κ1) is 16.7. The smallest absolute Gasteiger partial charge is 0.324 e. The molecule has 0 aliphatic heterocycles. The van der Waals surface area contributed by atoms with E-state index in [1.807, 2.05) is 0 Å². The first-order chi connectivity index (χ1) is 3.46. The van der Waals surface area contributed by atoms with Crippen LogP contribution in [-0.2, 0) is 19.5 Å². The van der Waals surface area contributed by atoms with Gasteiger partial charge in [-0.3, -0.25) is 0 Å². The van der Waals surface area contributed by atoms with Gasteiger partial charge in [0.25, 0.3) is 0 Å². The Bertz CT molecular complexity index is 26.5. The molecular formula is H6O6P2Rh. The summed E-state index contributed by atoms with van der Waals surface area (Å²) in [6.07, 6.45) is 0. The zero-order valence-electron chi connectivity index (χ0n) is 3.91. The summed E-state index contributed by atoms with van der Waals surface area (Å²) in [5.74, 6) is 0. The standard InChI is InChI=1S/2H3O3P.Rh/c2*1-4(2)3;/h2*1-3H;. The molecule has 0 saturated heterocycles. The van der Waals surface area contributed by atoms with Gasteiger partial charge in [0.2, 0.25) is 0 Å². The Labute approximate surface area is 66.5 Å². The van der Waals surface area contributed by atoms with E-state index in [4.69, 9.17) is 29.4 Å². The van der Waals surface area contributed by atoms with Crippen molar-refractivity contribution in [3.8, 4) is 0 Å². The van der Waals surface area contributed by atoms with Crippen LogP contribution < -0.4 is 0 Å². The van der Waals surface area contributed by atoms with Crippen molar-refractivity contribution in [1.82, 2.24) is 0 Å². The van der Waals surface area contributed by atoms with Gasteiger partial charge >= 0.3 is 17.2 Å². The number of rotatable bonds is 0. The SMILES string of the molecule is OP(O)O.OP(O)O.[Rh]. The molecular weight excluding hydrogens is 261 g/mol. The fraction of sp³-hybridized carbons (Fsp3) is 0. The Morgan fingerprint density at radius 3 is 0.556 bits per heavy atom. The molecule has 0 amide bonds. The van der Waals surface area contributed by atoms with Gasteiger partial charge in [0.05, 0.1) is 0 Å². The molecule has 0 saturated carbocycles. The summed E-state index contributed by atoms with van der Waals surface area (Å²) in [7, 11) is -5.24. The van der Waals surface area contributed by atoms with Gasteiger partial charge in [0.1, 0.15) is 0 Å². The molecule has 0 aliphatic rings. The van der Waals surface area contributed by atoms with Crippen LogP contribution in [0.5, 0.6) is 0 Å². The quantitative estimate of drug-likeness (QED) is 0.232. The average Bonchev–Trinajstić information content (AvgIpc) is 1.25. The molecule has 0 aromatic heterocycles. The van der Waals surface area contributed by atoms with Gasteiger partial charge in [-0.1, -0.05) is 0 Å². The van der Waals surface area contributed by atoms with E-state index >= 15 is 0 Å². The molecule has 9 heteroatoms. The van der Waals surface area contributed by atoms with Crippen LogP contribution in [0.25, 0.3) is 0 Å². The van der Waals surface area contributed by atoms with E-state index in [2.05, 4.69) is 0 Å². The molecule has 0 rings (SSSR count). The molecule has 1 radical (unpaired) electrons. The van der Waals surface area contributed by atoms with Gasteiger partial charge in [-0.15, -0.1) is 0 Å². The summed E-state index contributed by atoms with van der Waals surface area (Å²) in [4.78, 5) is 43.4. The monoisotopic (exact) mass is 267 g/mol. The van der Waals surface area contributed by atoms with Crippen molar-refractivity contribution < 1.29 is 48.8 Å². The van der Waals surface area contributed by atoms with Crippen molar-refractivity contribution >= 4 is 17.2 Å². The summed E-state index contributed by atoms with van der Waals surface area (Å²) in [6.45, 7) is 0. The molecule has 0 aliphatic carbocycles. The molecule has 0 aromatic carbocycles. The van der Waals surface area contributed by atoms with Gasteiger partial charge < -0.3 is 29.4 Å². The van der Waals surface area contributed by atoms with E-state index in [0.29, 0.717) is 0 Å². The predicted molar refractivity (Wildman–Crippen MR) is 27.2 cm³/mol. The molecule has 0 unspecified atom stereocenters. The molecule has 9 heavy (non-hydrogen) atoms. The van der Waals surface area contributed by atoms with E-state index < -0.39 is 17.2 Å². The zero-order chi connectivity index (χ0) is 7.15. The van der Waals surface area contributed by atoms with Crippen molar-refractivity contribution in [3.05, 3.63) is 0 Å². The van der Waals surface area contributed by atoms with Crippen LogP contribution in [0.4, 0.5) is 0 Å². The van der Waals surface area contributed by atoms with E-state index in [1.165, 1.54) is 0 Å². The second-order valence-corrected chi connectivity index (χ2v) is 1.61. The van der Waals surface area contributed by atoms with E-state index in [0.717, 1.165) is 0 Å². The maximum Gasteiger partial charge on any atom is 0.324 e. The molecule has 0 fully saturated rings. The van der Waals surface area contributed by atoms with Crippen molar-refractivity contribution in [2.24, 2.45) is 0 Å². The molecule has 61 valence electrons. The first-order valence-electron chi connectivity index (χ1n) is 1.20. The minimum Gasteiger partial charge on any atom is -0.328 e. The molecule has 6 N–H and O–H groups in total. The zero-order valence-corrected chi connectivity index (χ0v) is 7.34. The van der Waals surface area contributed by atoms with Crippen LogP contribution in [0.1, 0.15) is 0 Å². The predicted octanol–water partition coefficient (Wildman–Crippen LogP) is -1.62. The maximum absolute atomic E-state index is 7.23. The third kappa shape index (κ3) is 314. The van der Waals surface area contributed by atoms with Gasteiger partial charge in [0.15, 0.2) is 0 Å². The van der Waals surface area contributed by atoms with Gasteiger partial charge in [-0.05, 0) is 0 Å². The molecule has 0 atom stereocenters. The van der Waals surface area contributed by atoms with Crippen LogP contribution in [0, 0.1) is 0 Å².